The van der Waals surface area contributed by atoms with Crippen LogP contribution in [0.15, 0.2) is 90.0 Å². The summed E-state index contributed by atoms with van der Waals surface area (Å²) in [4.78, 5) is 0. The molecule has 0 fully saturated rings. The molecule has 0 atom stereocenters. The molecule has 3 rings (SSSR count). The SMILES string of the molecule is CCc1ccc(C=NN(c2ccccc2)c2ccccc2)cc1. The van der Waals surface area contributed by atoms with E-state index in [-0.39, 0.29) is 0 Å². The van der Waals surface area contributed by atoms with Gasteiger partial charge in [0.1, 0.15) is 0 Å². The maximum atomic E-state index is 4.70. The van der Waals surface area contributed by atoms with Crippen molar-refractivity contribution in [2.24, 2.45) is 5.10 Å². The molecule has 0 radical (unpaired) electrons. The first-order valence-electron chi connectivity index (χ1n) is 7.90. The van der Waals surface area contributed by atoms with Crippen LogP contribution in [0.3, 0.4) is 0 Å². The zero-order valence-electron chi connectivity index (χ0n) is 13.3. The summed E-state index contributed by atoms with van der Waals surface area (Å²) in [5.74, 6) is 0. The Morgan fingerprint density at radius 3 is 1.74 bits per heavy atom. The standard InChI is InChI=1S/C21H20N2/c1-2-18-13-15-19(16-14-18)17-22-23(20-9-5-3-6-10-20)21-11-7-4-8-12-21/h3-17H,2H2,1H3. The topological polar surface area (TPSA) is 15.6 Å². The average molecular weight is 300 g/mol. The number of hydrogen-bond donors (Lipinski definition) is 0. The Hall–Kier alpha value is -2.87. The van der Waals surface area contributed by atoms with E-state index in [9.17, 15) is 0 Å². The number of nitrogens with zero attached hydrogens (tertiary/aromatic N) is 2. The molecule has 0 aliphatic heterocycles. The van der Waals surface area contributed by atoms with Gasteiger partial charge < -0.3 is 0 Å². The molecular formula is C21H20N2. The Kier molecular flexibility index (Phi) is 4.85. The lowest BCUT2D eigenvalue weighted by Gasteiger charge is -2.19. The molecule has 0 aliphatic carbocycles. The second kappa shape index (κ2) is 7.41. The summed E-state index contributed by atoms with van der Waals surface area (Å²) >= 11 is 0. The Morgan fingerprint density at radius 1 is 0.739 bits per heavy atom. The molecule has 0 aromatic heterocycles. The monoisotopic (exact) mass is 300 g/mol. The van der Waals surface area contributed by atoms with Gasteiger partial charge in [-0.25, -0.2) is 5.01 Å². The van der Waals surface area contributed by atoms with Gasteiger partial charge >= 0.3 is 0 Å². The summed E-state index contributed by atoms with van der Waals surface area (Å²) in [7, 11) is 0. The summed E-state index contributed by atoms with van der Waals surface area (Å²) in [6.07, 6.45) is 2.96. The van der Waals surface area contributed by atoms with Crippen molar-refractivity contribution in [1.82, 2.24) is 0 Å². The third-order valence-electron chi connectivity index (χ3n) is 3.71. The molecule has 0 amide bonds. The van der Waals surface area contributed by atoms with Crippen LogP contribution in [0.1, 0.15) is 18.1 Å². The minimum absolute atomic E-state index is 1.04. The molecule has 0 saturated carbocycles. The number of aryl methyl sites for hydroxylation is 1. The average Bonchev–Trinajstić information content (AvgIpc) is 2.64. The van der Waals surface area contributed by atoms with Crippen molar-refractivity contribution >= 4 is 17.6 Å². The van der Waals surface area contributed by atoms with Gasteiger partial charge in [0.05, 0.1) is 17.6 Å². The van der Waals surface area contributed by atoms with Crippen molar-refractivity contribution in [2.45, 2.75) is 13.3 Å². The van der Waals surface area contributed by atoms with Crippen LogP contribution in [0.2, 0.25) is 0 Å². The first kappa shape index (κ1) is 15.0. The number of hydrazone groups is 1. The van der Waals surface area contributed by atoms with Crippen LogP contribution in [0, 0.1) is 0 Å². The Labute approximate surface area is 137 Å². The van der Waals surface area contributed by atoms with Gasteiger partial charge in [-0.3, -0.25) is 0 Å². The quantitative estimate of drug-likeness (QED) is 0.453. The summed E-state index contributed by atoms with van der Waals surface area (Å²) < 4.78 is 0. The smallest absolute Gasteiger partial charge is 0.0652 e. The molecule has 3 aromatic rings. The molecule has 0 aliphatic rings. The summed E-state index contributed by atoms with van der Waals surface area (Å²) in [6.45, 7) is 2.16. The number of rotatable bonds is 5. The van der Waals surface area contributed by atoms with Crippen LogP contribution in [-0.2, 0) is 6.42 Å². The summed E-state index contributed by atoms with van der Waals surface area (Å²) in [6, 6.07) is 28.9. The molecule has 2 heteroatoms. The van der Waals surface area contributed by atoms with Gasteiger partial charge in [0.25, 0.3) is 0 Å². The van der Waals surface area contributed by atoms with E-state index in [2.05, 4.69) is 55.5 Å². The first-order chi connectivity index (χ1) is 11.4. The molecule has 0 spiro atoms. The van der Waals surface area contributed by atoms with Gasteiger partial charge in [0.15, 0.2) is 0 Å². The molecular weight excluding hydrogens is 280 g/mol. The number of anilines is 2. The van der Waals surface area contributed by atoms with E-state index < -0.39 is 0 Å². The predicted molar refractivity (Wildman–Crippen MR) is 98.4 cm³/mol. The molecule has 0 heterocycles. The fourth-order valence-corrected chi connectivity index (χ4v) is 2.38. The van der Waals surface area contributed by atoms with Gasteiger partial charge in [0, 0.05) is 0 Å². The summed E-state index contributed by atoms with van der Waals surface area (Å²) in [5.41, 5.74) is 4.52. The van der Waals surface area contributed by atoms with E-state index in [1.165, 1.54) is 5.56 Å². The van der Waals surface area contributed by atoms with Gasteiger partial charge in [-0.15, -0.1) is 0 Å². The zero-order chi connectivity index (χ0) is 15.9. The Morgan fingerprint density at radius 2 is 1.26 bits per heavy atom. The van der Waals surface area contributed by atoms with E-state index in [0.29, 0.717) is 0 Å². The van der Waals surface area contributed by atoms with Crippen molar-refractivity contribution in [1.29, 1.82) is 0 Å². The lowest BCUT2D eigenvalue weighted by atomic mass is 10.1. The van der Waals surface area contributed by atoms with E-state index in [4.69, 9.17) is 5.10 Å². The van der Waals surface area contributed by atoms with Crippen LogP contribution in [0.5, 0.6) is 0 Å². The molecule has 0 saturated heterocycles. The summed E-state index contributed by atoms with van der Waals surface area (Å²) in [5, 5.41) is 6.65. The third-order valence-corrected chi connectivity index (χ3v) is 3.71. The van der Waals surface area contributed by atoms with Crippen LogP contribution in [-0.4, -0.2) is 6.21 Å². The molecule has 3 aromatic carbocycles. The van der Waals surface area contributed by atoms with Gasteiger partial charge in [0.2, 0.25) is 0 Å². The van der Waals surface area contributed by atoms with E-state index in [0.717, 1.165) is 23.4 Å². The van der Waals surface area contributed by atoms with Crippen molar-refractivity contribution in [3.05, 3.63) is 96.1 Å². The highest BCUT2D eigenvalue weighted by Crippen LogP contribution is 2.25. The van der Waals surface area contributed by atoms with E-state index in [1.54, 1.807) is 0 Å². The highest BCUT2D eigenvalue weighted by atomic mass is 15.5. The van der Waals surface area contributed by atoms with E-state index in [1.807, 2.05) is 47.6 Å². The number of hydrogen-bond acceptors (Lipinski definition) is 2. The van der Waals surface area contributed by atoms with Crippen LogP contribution >= 0.6 is 0 Å². The highest BCUT2D eigenvalue weighted by Gasteiger charge is 2.06. The van der Waals surface area contributed by atoms with Crippen LogP contribution in [0.25, 0.3) is 0 Å². The fourth-order valence-electron chi connectivity index (χ4n) is 2.38. The molecule has 0 unspecified atom stereocenters. The fraction of sp³-hybridized carbons (Fsp3) is 0.0952. The predicted octanol–water partition coefficient (Wildman–Crippen LogP) is 5.42. The van der Waals surface area contributed by atoms with Crippen molar-refractivity contribution in [3.8, 4) is 0 Å². The minimum Gasteiger partial charge on any atom is -0.234 e. The van der Waals surface area contributed by atoms with E-state index >= 15 is 0 Å². The Balaban J connectivity index is 1.91. The van der Waals surface area contributed by atoms with Gasteiger partial charge in [-0.1, -0.05) is 67.6 Å². The maximum absolute atomic E-state index is 4.70. The lowest BCUT2D eigenvalue weighted by molar-refractivity contribution is 1.09. The number of para-hydroxylation sites is 2. The van der Waals surface area contributed by atoms with Crippen LogP contribution in [0.4, 0.5) is 11.4 Å². The Bertz CT molecular complexity index is 707. The van der Waals surface area contributed by atoms with Crippen molar-refractivity contribution in [2.75, 3.05) is 5.01 Å². The molecule has 2 nitrogen and oxygen atoms in total. The molecule has 114 valence electrons. The number of benzene rings is 3. The third kappa shape index (κ3) is 3.86. The van der Waals surface area contributed by atoms with Crippen LogP contribution < -0.4 is 5.01 Å². The second-order valence-corrected chi connectivity index (χ2v) is 5.32. The maximum Gasteiger partial charge on any atom is 0.0652 e. The largest absolute Gasteiger partial charge is 0.234 e. The highest BCUT2D eigenvalue weighted by molar-refractivity contribution is 5.81. The molecule has 0 bridgehead atoms. The first-order valence-corrected chi connectivity index (χ1v) is 7.90. The zero-order valence-corrected chi connectivity index (χ0v) is 13.3. The van der Waals surface area contributed by atoms with Crippen molar-refractivity contribution < 1.29 is 0 Å². The normalized spacial score (nSPS) is 10.8. The van der Waals surface area contributed by atoms with Gasteiger partial charge in [-0.2, -0.15) is 5.10 Å². The second-order valence-electron chi connectivity index (χ2n) is 5.32. The van der Waals surface area contributed by atoms with Gasteiger partial charge in [-0.05, 0) is 41.8 Å². The molecule has 23 heavy (non-hydrogen) atoms. The minimum atomic E-state index is 1.04. The van der Waals surface area contributed by atoms with Crippen molar-refractivity contribution in [3.63, 3.8) is 0 Å². The lowest BCUT2D eigenvalue weighted by Crippen LogP contribution is -2.09. The molecule has 0 N–H and O–H groups in total.